The monoisotopic (exact) mass is 538 g/mol. The molecule has 1 N–H and O–H groups in total. The Balaban J connectivity index is 1.31. The number of carbonyl (C=O) groups is 1. The zero-order valence-electron chi connectivity index (χ0n) is 21.3. The van der Waals surface area contributed by atoms with E-state index in [-0.39, 0.29) is 17.1 Å². The Morgan fingerprint density at radius 2 is 1.69 bits per heavy atom. The molecular weight excluding hydrogens is 509 g/mol. The molecule has 0 bridgehead atoms. The van der Waals surface area contributed by atoms with E-state index in [1.54, 1.807) is 11.8 Å². The van der Waals surface area contributed by atoms with Gasteiger partial charge in [0.15, 0.2) is 15.3 Å². The Bertz CT molecular complexity index is 1330. The first kappa shape index (κ1) is 26.4. The highest BCUT2D eigenvalue weighted by Gasteiger charge is 2.17. The Kier molecular flexibility index (Phi) is 8.17. The van der Waals surface area contributed by atoms with Gasteiger partial charge in [0.2, 0.25) is 11.0 Å². The molecule has 0 saturated carbocycles. The molecule has 2 aromatic carbocycles. The van der Waals surface area contributed by atoms with Crippen molar-refractivity contribution >= 4 is 45.9 Å². The van der Waals surface area contributed by atoms with Crippen LogP contribution in [0.1, 0.15) is 43.0 Å². The number of anilines is 1. The minimum atomic E-state index is -0.151. The quantitative estimate of drug-likeness (QED) is 0.209. The normalized spacial score (nSPS) is 11.6. The van der Waals surface area contributed by atoms with E-state index in [1.165, 1.54) is 45.4 Å². The second-order valence-corrected chi connectivity index (χ2v) is 12.7. The molecule has 0 radical (unpaired) electrons. The Morgan fingerprint density at radius 1 is 1.00 bits per heavy atom. The summed E-state index contributed by atoms with van der Waals surface area (Å²) in [5.74, 6) is 1.64. The number of thioether (sulfide) groups is 2. The molecule has 188 valence electrons. The first-order valence-electron chi connectivity index (χ1n) is 11.6. The van der Waals surface area contributed by atoms with Gasteiger partial charge in [0.25, 0.3) is 0 Å². The van der Waals surface area contributed by atoms with Crippen LogP contribution >= 0.6 is 34.9 Å². The highest BCUT2D eigenvalue weighted by Crippen LogP contribution is 2.33. The Hall–Kier alpha value is -2.69. The molecule has 1 amide bonds. The molecule has 0 atom stereocenters. The van der Waals surface area contributed by atoms with E-state index in [2.05, 4.69) is 72.5 Å². The molecule has 10 heteroatoms. The van der Waals surface area contributed by atoms with E-state index in [1.807, 2.05) is 41.9 Å². The fourth-order valence-corrected chi connectivity index (χ4v) is 6.35. The van der Waals surface area contributed by atoms with Gasteiger partial charge in [-0.2, -0.15) is 0 Å². The first-order valence-corrected chi connectivity index (χ1v) is 14.3. The van der Waals surface area contributed by atoms with Crippen molar-refractivity contribution in [2.45, 2.75) is 55.3 Å². The fraction of sp³-hybridized carbons (Fsp3) is 0.346. The molecule has 0 aliphatic rings. The molecule has 0 unspecified atom stereocenters. The molecule has 0 aliphatic heterocycles. The lowest BCUT2D eigenvalue weighted by Crippen LogP contribution is -2.14. The smallest absolute Gasteiger partial charge is 0.236 e. The van der Waals surface area contributed by atoms with Gasteiger partial charge in [-0.1, -0.05) is 98.1 Å². The van der Waals surface area contributed by atoms with E-state index in [0.717, 1.165) is 21.5 Å². The first-order chi connectivity index (χ1) is 17.1. The minimum absolute atomic E-state index is 0.128. The number of hydrogen-bond acceptors (Lipinski definition) is 8. The number of benzene rings is 2. The van der Waals surface area contributed by atoms with Crippen LogP contribution in [0.4, 0.5) is 5.13 Å². The summed E-state index contributed by atoms with van der Waals surface area (Å²) in [6.45, 7) is 11.0. The van der Waals surface area contributed by atoms with Gasteiger partial charge in [-0.3, -0.25) is 10.1 Å². The van der Waals surface area contributed by atoms with E-state index < -0.39 is 0 Å². The predicted octanol–water partition coefficient (Wildman–Crippen LogP) is 6.27. The van der Waals surface area contributed by atoms with Crippen molar-refractivity contribution in [1.29, 1.82) is 0 Å². The van der Waals surface area contributed by atoms with Crippen LogP contribution in [0.25, 0.3) is 11.4 Å². The van der Waals surface area contributed by atoms with Crippen molar-refractivity contribution in [1.82, 2.24) is 25.0 Å². The van der Waals surface area contributed by atoms with Gasteiger partial charge in [-0.15, -0.1) is 20.4 Å². The lowest BCUT2D eigenvalue weighted by atomic mass is 9.84. The molecule has 7 nitrogen and oxygen atoms in total. The zero-order chi connectivity index (χ0) is 25.9. The number of hydrogen-bond donors (Lipinski definition) is 1. The molecular formula is C26H30N6OS3. The van der Waals surface area contributed by atoms with Crippen LogP contribution in [0.5, 0.6) is 0 Å². The molecule has 36 heavy (non-hydrogen) atoms. The molecule has 0 fully saturated rings. The molecule has 0 spiro atoms. The maximum absolute atomic E-state index is 12.5. The molecule has 4 rings (SSSR count). The van der Waals surface area contributed by atoms with Gasteiger partial charge in [-0.25, -0.2) is 0 Å². The maximum atomic E-state index is 12.5. The average Bonchev–Trinajstić information content (AvgIpc) is 3.43. The lowest BCUT2D eigenvalue weighted by Gasteiger charge is -2.22. The van der Waals surface area contributed by atoms with Crippen molar-refractivity contribution < 1.29 is 4.79 Å². The van der Waals surface area contributed by atoms with Crippen molar-refractivity contribution in [2.24, 2.45) is 7.05 Å². The van der Waals surface area contributed by atoms with Gasteiger partial charge < -0.3 is 4.57 Å². The van der Waals surface area contributed by atoms with Crippen molar-refractivity contribution in [3.63, 3.8) is 0 Å². The minimum Gasteiger partial charge on any atom is -0.305 e. The second-order valence-electron chi connectivity index (χ2n) is 9.57. The maximum Gasteiger partial charge on any atom is 0.236 e. The fourth-order valence-electron chi connectivity index (χ4n) is 3.67. The van der Waals surface area contributed by atoms with Crippen molar-refractivity contribution in [3.8, 4) is 11.4 Å². The van der Waals surface area contributed by atoms with E-state index >= 15 is 0 Å². The van der Waals surface area contributed by atoms with Crippen LogP contribution in [0.15, 0.2) is 52.0 Å². The average molecular weight is 539 g/mol. The van der Waals surface area contributed by atoms with Crippen LogP contribution in [0.3, 0.4) is 0 Å². The predicted molar refractivity (Wildman–Crippen MR) is 150 cm³/mol. The summed E-state index contributed by atoms with van der Waals surface area (Å²) >= 11 is 4.37. The summed E-state index contributed by atoms with van der Waals surface area (Å²) in [6, 6.07) is 14.4. The van der Waals surface area contributed by atoms with Crippen molar-refractivity contribution in [3.05, 3.63) is 64.7 Å². The lowest BCUT2D eigenvalue weighted by molar-refractivity contribution is -0.113. The standard InChI is InChI=1S/C26H30N6OS3/c1-16-12-19(26(3,4)5)13-17(2)20(16)14-35-25-31-29-23(36-25)27-21(33)15-34-24-30-28-22(32(24)6)18-10-8-7-9-11-18/h7-13H,14-15H2,1-6H3,(H,27,29,33). The van der Waals surface area contributed by atoms with Crippen LogP contribution in [-0.2, 0) is 23.0 Å². The third-order valence-electron chi connectivity index (χ3n) is 5.75. The number of amides is 1. The van der Waals surface area contributed by atoms with Gasteiger partial charge in [0.1, 0.15) is 0 Å². The summed E-state index contributed by atoms with van der Waals surface area (Å²) in [4.78, 5) is 12.5. The van der Waals surface area contributed by atoms with Gasteiger partial charge >= 0.3 is 0 Å². The molecule has 0 aliphatic carbocycles. The van der Waals surface area contributed by atoms with Crippen LogP contribution in [0.2, 0.25) is 0 Å². The van der Waals surface area contributed by atoms with Crippen LogP contribution in [-0.4, -0.2) is 36.6 Å². The summed E-state index contributed by atoms with van der Waals surface area (Å²) in [5.41, 5.74) is 6.37. The van der Waals surface area contributed by atoms with Gasteiger partial charge in [0, 0.05) is 18.4 Å². The summed E-state index contributed by atoms with van der Waals surface area (Å²) in [7, 11) is 1.90. The summed E-state index contributed by atoms with van der Waals surface area (Å²) < 4.78 is 2.72. The number of carbonyl (C=O) groups excluding carboxylic acids is 1. The Morgan fingerprint density at radius 3 is 2.36 bits per heavy atom. The third-order valence-corrected chi connectivity index (χ3v) is 8.77. The second kappa shape index (κ2) is 11.1. The summed E-state index contributed by atoms with van der Waals surface area (Å²) in [5, 5.41) is 20.9. The Labute approximate surface area is 224 Å². The number of nitrogens with zero attached hydrogens (tertiary/aromatic N) is 5. The molecule has 2 heterocycles. The molecule has 4 aromatic rings. The molecule has 0 saturated heterocycles. The zero-order valence-corrected chi connectivity index (χ0v) is 23.8. The van der Waals surface area contributed by atoms with E-state index in [9.17, 15) is 4.79 Å². The highest BCUT2D eigenvalue weighted by atomic mass is 32.2. The van der Waals surface area contributed by atoms with Gasteiger partial charge in [-0.05, 0) is 41.5 Å². The van der Waals surface area contributed by atoms with Gasteiger partial charge in [0.05, 0.1) is 5.75 Å². The molecule has 2 aromatic heterocycles. The largest absolute Gasteiger partial charge is 0.305 e. The van der Waals surface area contributed by atoms with Crippen LogP contribution in [0, 0.1) is 13.8 Å². The highest BCUT2D eigenvalue weighted by molar-refractivity contribution is 8.00. The third kappa shape index (κ3) is 6.35. The summed E-state index contributed by atoms with van der Waals surface area (Å²) in [6.07, 6.45) is 0. The topological polar surface area (TPSA) is 85.6 Å². The van der Waals surface area contributed by atoms with E-state index in [0.29, 0.717) is 10.3 Å². The van der Waals surface area contributed by atoms with Crippen molar-refractivity contribution in [2.75, 3.05) is 11.1 Å². The number of aryl methyl sites for hydroxylation is 2. The van der Waals surface area contributed by atoms with Crippen LogP contribution < -0.4 is 5.32 Å². The number of rotatable bonds is 8. The SMILES string of the molecule is Cc1cc(C(C)(C)C)cc(C)c1CSc1nnc(NC(=O)CSc2nnc(-c3ccccc3)n2C)s1. The van der Waals surface area contributed by atoms with E-state index in [4.69, 9.17) is 0 Å². The number of aromatic nitrogens is 5. The number of nitrogens with one attached hydrogen (secondary N) is 1.